The first-order valence-electron chi connectivity index (χ1n) is 6.26. The van der Waals surface area contributed by atoms with Crippen LogP contribution in [0.15, 0.2) is 18.3 Å². The van der Waals surface area contributed by atoms with Gasteiger partial charge in [0.05, 0.1) is 20.3 Å². The Kier molecular flexibility index (Phi) is 6.45. The number of nitrogens with one attached hydrogen (secondary N) is 1. The van der Waals surface area contributed by atoms with Crippen LogP contribution >= 0.6 is 0 Å². The fourth-order valence-corrected chi connectivity index (χ4v) is 1.67. The summed E-state index contributed by atoms with van der Waals surface area (Å²) in [5.41, 5.74) is 5.94. The number of hydrogen-bond acceptors (Lipinski definition) is 6. The molecule has 0 aliphatic rings. The molecule has 1 heterocycles. The van der Waals surface area contributed by atoms with Gasteiger partial charge in [-0.3, -0.25) is 4.79 Å². The molecule has 1 unspecified atom stereocenters. The third-order valence-corrected chi connectivity index (χ3v) is 2.56. The highest BCUT2D eigenvalue weighted by atomic mass is 16.5. The number of hydrogen-bond donors (Lipinski definition) is 2. The average Bonchev–Trinajstić information content (AvgIpc) is 2.47. The predicted octanol–water partition coefficient (Wildman–Crippen LogP) is -0.361. The minimum atomic E-state index is -0.816. The maximum absolute atomic E-state index is 11.9. The third-order valence-electron chi connectivity index (χ3n) is 2.56. The first-order chi connectivity index (χ1) is 9.62. The van der Waals surface area contributed by atoms with E-state index in [2.05, 4.69) is 10.3 Å². The summed E-state index contributed by atoms with van der Waals surface area (Å²) in [5, 5.41) is 2.53. The van der Waals surface area contributed by atoms with Gasteiger partial charge in [0, 0.05) is 18.2 Å². The number of methoxy groups -OCH3 is 1. The molecular weight excluding hydrogens is 262 g/mol. The smallest absolute Gasteiger partial charge is 0.328 e. The van der Waals surface area contributed by atoms with Crippen LogP contribution in [0.2, 0.25) is 0 Å². The summed E-state index contributed by atoms with van der Waals surface area (Å²) in [6, 6.07) is 2.68. The quantitative estimate of drug-likeness (QED) is 0.661. The summed E-state index contributed by atoms with van der Waals surface area (Å²) in [5.74, 6) is -0.532. The molecule has 20 heavy (non-hydrogen) atoms. The van der Waals surface area contributed by atoms with Crippen LogP contribution in [0.5, 0.6) is 5.88 Å². The second-order valence-electron chi connectivity index (χ2n) is 3.95. The van der Waals surface area contributed by atoms with Crippen LogP contribution in [-0.2, 0) is 20.7 Å². The van der Waals surface area contributed by atoms with Gasteiger partial charge in [-0.1, -0.05) is 6.07 Å². The molecular formula is C13H19N3O4. The van der Waals surface area contributed by atoms with Gasteiger partial charge in [0.25, 0.3) is 0 Å². The Morgan fingerprint density at radius 3 is 2.85 bits per heavy atom. The predicted molar refractivity (Wildman–Crippen MR) is 72.1 cm³/mol. The molecule has 0 spiro atoms. The van der Waals surface area contributed by atoms with E-state index in [1.165, 1.54) is 7.11 Å². The van der Waals surface area contributed by atoms with Gasteiger partial charge in [0.1, 0.15) is 6.04 Å². The van der Waals surface area contributed by atoms with Crippen LogP contribution in [0.3, 0.4) is 0 Å². The van der Waals surface area contributed by atoms with E-state index in [-0.39, 0.29) is 19.6 Å². The Morgan fingerprint density at radius 2 is 2.25 bits per heavy atom. The Labute approximate surface area is 117 Å². The summed E-state index contributed by atoms with van der Waals surface area (Å²) in [7, 11) is 1.49. The number of nitrogens with two attached hydrogens (primary N) is 1. The van der Waals surface area contributed by atoms with Gasteiger partial charge < -0.3 is 20.5 Å². The summed E-state index contributed by atoms with van der Waals surface area (Å²) in [4.78, 5) is 27.3. The average molecular weight is 281 g/mol. The van der Waals surface area contributed by atoms with Gasteiger partial charge >= 0.3 is 5.97 Å². The van der Waals surface area contributed by atoms with E-state index in [4.69, 9.17) is 15.2 Å². The normalized spacial score (nSPS) is 11.6. The highest BCUT2D eigenvalue weighted by molar-refractivity contribution is 5.85. The van der Waals surface area contributed by atoms with Crippen molar-refractivity contribution in [2.75, 3.05) is 20.3 Å². The van der Waals surface area contributed by atoms with Crippen molar-refractivity contribution in [2.24, 2.45) is 5.73 Å². The van der Waals surface area contributed by atoms with E-state index in [0.29, 0.717) is 11.4 Å². The second-order valence-corrected chi connectivity index (χ2v) is 3.95. The van der Waals surface area contributed by atoms with Crippen LogP contribution in [0.25, 0.3) is 0 Å². The van der Waals surface area contributed by atoms with Crippen LogP contribution in [0.4, 0.5) is 0 Å². The molecule has 7 heteroatoms. The van der Waals surface area contributed by atoms with Crippen LogP contribution in [0, 0.1) is 0 Å². The number of ether oxygens (including phenoxy) is 2. The van der Waals surface area contributed by atoms with Crippen LogP contribution in [-0.4, -0.2) is 43.2 Å². The van der Waals surface area contributed by atoms with Crippen molar-refractivity contribution in [2.45, 2.75) is 19.4 Å². The van der Waals surface area contributed by atoms with Gasteiger partial charge in [-0.25, -0.2) is 9.78 Å². The lowest BCUT2D eigenvalue weighted by Crippen LogP contribution is -2.45. The number of carbonyl (C=O) groups excluding carboxylic acids is 2. The highest BCUT2D eigenvalue weighted by Gasteiger charge is 2.23. The Hall–Kier alpha value is -2.15. The van der Waals surface area contributed by atoms with Gasteiger partial charge in [-0.2, -0.15) is 0 Å². The molecule has 3 N–H and O–H groups in total. The Morgan fingerprint density at radius 1 is 1.50 bits per heavy atom. The molecule has 1 amide bonds. The monoisotopic (exact) mass is 281 g/mol. The largest absolute Gasteiger partial charge is 0.481 e. The molecule has 7 nitrogen and oxygen atoms in total. The number of aromatic nitrogens is 1. The molecule has 0 aromatic carbocycles. The van der Waals surface area contributed by atoms with Gasteiger partial charge in [-0.15, -0.1) is 0 Å². The number of pyridine rings is 1. The molecule has 1 aromatic heterocycles. The van der Waals surface area contributed by atoms with Crippen molar-refractivity contribution < 1.29 is 19.1 Å². The summed E-state index contributed by atoms with van der Waals surface area (Å²) in [6.07, 6.45) is 1.81. The van der Waals surface area contributed by atoms with Crippen molar-refractivity contribution in [1.82, 2.24) is 10.3 Å². The van der Waals surface area contributed by atoms with Crippen molar-refractivity contribution in [3.05, 3.63) is 23.9 Å². The zero-order valence-electron chi connectivity index (χ0n) is 11.6. The lowest BCUT2D eigenvalue weighted by Gasteiger charge is -2.17. The number of rotatable bonds is 7. The molecule has 0 aliphatic heterocycles. The lowest BCUT2D eigenvalue weighted by atomic mass is 10.1. The number of nitrogens with zero attached hydrogens (tertiary/aromatic N) is 1. The minimum absolute atomic E-state index is 0.194. The van der Waals surface area contributed by atoms with E-state index in [1.54, 1.807) is 25.3 Å². The van der Waals surface area contributed by atoms with E-state index in [0.717, 1.165) is 0 Å². The molecule has 1 aromatic rings. The molecule has 0 saturated carbocycles. The summed E-state index contributed by atoms with van der Waals surface area (Å²) < 4.78 is 10.1. The molecule has 1 rings (SSSR count). The number of carbonyl (C=O) groups is 2. The molecule has 1 atom stereocenters. The molecule has 0 saturated heterocycles. The zero-order chi connectivity index (χ0) is 15.0. The Bertz CT molecular complexity index is 465. The molecule has 0 aliphatic carbocycles. The zero-order valence-corrected chi connectivity index (χ0v) is 11.6. The fraction of sp³-hybridized carbons (Fsp3) is 0.462. The van der Waals surface area contributed by atoms with Crippen molar-refractivity contribution in [3.8, 4) is 5.88 Å². The van der Waals surface area contributed by atoms with Crippen LogP contribution in [0.1, 0.15) is 12.5 Å². The van der Waals surface area contributed by atoms with Gasteiger partial charge in [0.2, 0.25) is 11.8 Å². The fourth-order valence-electron chi connectivity index (χ4n) is 1.67. The Balaban J connectivity index is 2.87. The van der Waals surface area contributed by atoms with E-state index < -0.39 is 17.9 Å². The highest BCUT2D eigenvalue weighted by Crippen LogP contribution is 2.16. The van der Waals surface area contributed by atoms with Gasteiger partial charge in [-0.05, 0) is 13.0 Å². The lowest BCUT2D eigenvalue weighted by molar-refractivity contribution is -0.147. The van der Waals surface area contributed by atoms with E-state index in [9.17, 15) is 9.59 Å². The maximum Gasteiger partial charge on any atom is 0.328 e. The first kappa shape index (κ1) is 15.9. The minimum Gasteiger partial charge on any atom is -0.481 e. The SMILES string of the molecule is CCOC(=O)C(Cc1cccnc1OC)NC(=O)CN. The van der Waals surface area contributed by atoms with Gasteiger partial charge in [0.15, 0.2) is 0 Å². The van der Waals surface area contributed by atoms with Crippen molar-refractivity contribution >= 4 is 11.9 Å². The molecule has 0 bridgehead atoms. The topological polar surface area (TPSA) is 104 Å². The van der Waals surface area contributed by atoms with E-state index in [1.807, 2.05) is 0 Å². The third kappa shape index (κ3) is 4.51. The first-order valence-corrected chi connectivity index (χ1v) is 6.26. The second kappa shape index (κ2) is 8.11. The van der Waals surface area contributed by atoms with E-state index >= 15 is 0 Å². The summed E-state index contributed by atoms with van der Waals surface area (Å²) in [6.45, 7) is 1.74. The van der Waals surface area contributed by atoms with Crippen molar-refractivity contribution in [1.29, 1.82) is 0 Å². The summed E-state index contributed by atoms with van der Waals surface area (Å²) >= 11 is 0. The molecule has 0 fully saturated rings. The van der Waals surface area contributed by atoms with Crippen LogP contribution < -0.4 is 15.8 Å². The standard InChI is InChI=1S/C13H19N3O4/c1-3-20-13(18)10(16-11(17)8-14)7-9-5-4-6-15-12(9)19-2/h4-6,10H,3,7-8,14H2,1-2H3,(H,16,17). The number of esters is 1. The number of amides is 1. The molecule has 110 valence electrons. The maximum atomic E-state index is 11.9. The van der Waals surface area contributed by atoms with Crippen molar-refractivity contribution in [3.63, 3.8) is 0 Å². The molecule has 0 radical (unpaired) electrons.